The molecule has 3 rings (SSSR count). The highest BCUT2D eigenvalue weighted by Crippen LogP contribution is 2.21. The summed E-state index contributed by atoms with van der Waals surface area (Å²) in [6.07, 6.45) is 1.06. The maximum Gasteiger partial charge on any atom is 0.237 e. The van der Waals surface area contributed by atoms with Crippen LogP contribution < -0.4 is 10.6 Å². The van der Waals surface area contributed by atoms with Crippen molar-refractivity contribution in [3.63, 3.8) is 0 Å². The van der Waals surface area contributed by atoms with Gasteiger partial charge in [-0.1, -0.05) is 24.3 Å². The van der Waals surface area contributed by atoms with E-state index in [1.54, 1.807) is 0 Å². The Kier molecular flexibility index (Phi) is 9.02. The Labute approximate surface area is 156 Å². The summed E-state index contributed by atoms with van der Waals surface area (Å²) in [6, 6.07) is 8.61. The molecule has 0 saturated carbocycles. The third kappa shape index (κ3) is 5.07. The Morgan fingerprint density at radius 1 is 1.33 bits per heavy atom. The number of hydrogen-bond acceptors (Lipinski definition) is 4. The number of fused-ring (bicyclic) bond motifs is 1. The molecule has 0 bridgehead atoms. The van der Waals surface area contributed by atoms with E-state index in [0.29, 0.717) is 6.54 Å². The second-order valence-corrected chi connectivity index (χ2v) is 6.02. The Balaban J connectivity index is 0.00000144. The van der Waals surface area contributed by atoms with E-state index in [2.05, 4.69) is 39.8 Å². The lowest BCUT2D eigenvalue weighted by Crippen LogP contribution is -2.51. The first-order valence-electron chi connectivity index (χ1n) is 8.16. The molecule has 1 aromatic carbocycles. The zero-order valence-corrected chi connectivity index (χ0v) is 15.6. The van der Waals surface area contributed by atoms with Gasteiger partial charge in [0.05, 0.1) is 19.3 Å². The Morgan fingerprint density at radius 3 is 2.79 bits per heavy atom. The van der Waals surface area contributed by atoms with Gasteiger partial charge in [0, 0.05) is 25.7 Å². The summed E-state index contributed by atoms with van der Waals surface area (Å²) in [7, 11) is 0. The Bertz CT molecular complexity index is 524. The first-order valence-corrected chi connectivity index (χ1v) is 8.16. The van der Waals surface area contributed by atoms with Gasteiger partial charge in [-0.15, -0.1) is 24.8 Å². The predicted octanol–water partition coefficient (Wildman–Crippen LogP) is 1.55. The van der Waals surface area contributed by atoms with Crippen molar-refractivity contribution < 1.29 is 9.53 Å². The van der Waals surface area contributed by atoms with E-state index in [0.717, 1.165) is 39.3 Å². The fraction of sp³-hybridized carbons (Fsp3) is 0.588. The van der Waals surface area contributed by atoms with Crippen LogP contribution in [0.4, 0.5) is 0 Å². The van der Waals surface area contributed by atoms with E-state index in [1.165, 1.54) is 11.1 Å². The fourth-order valence-electron chi connectivity index (χ4n) is 3.26. The van der Waals surface area contributed by atoms with Crippen molar-refractivity contribution in [2.45, 2.75) is 25.4 Å². The molecule has 5 nitrogen and oxygen atoms in total. The number of amides is 1. The third-order valence-corrected chi connectivity index (χ3v) is 4.67. The van der Waals surface area contributed by atoms with Crippen molar-refractivity contribution in [2.75, 3.05) is 39.4 Å². The van der Waals surface area contributed by atoms with E-state index >= 15 is 0 Å². The number of carbonyl (C=O) groups excluding carboxylic acids is 1. The molecule has 0 radical (unpaired) electrons. The zero-order valence-electron chi connectivity index (χ0n) is 14.0. The smallest absolute Gasteiger partial charge is 0.237 e. The minimum absolute atomic E-state index is 0. The molecule has 0 spiro atoms. The number of benzene rings is 1. The fourth-order valence-corrected chi connectivity index (χ4v) is 3.26. The average molecular weight is 376 g/mol. The van der Waals surface area contributed by atoms with Crippen LogP contribution in [0.5, 0.6) is 0 Å². The zero-order chi connectivity index (χ0) is 15.4. The molecule has 1 saturated heterocycles. The molecule has 24 heavy (non-hydrogen) atoms. The Hall–Kier alpha value is -0.850. The summed E-state index contributed by atoms with van der Waals surface area (Å²) in [4.78, 5) is 14.6. The second-order valence-electron chi connectivity index (χ2n) is 6.02. The lowest BCUT2D eigenvalue weighted by atomic mass is 9.94. The number of nitrogens with one attached hydrogen (secondary N) is 2. The van der Waals surface area contributed by atoms with Crippen LogP contribution in [0.1, 0.15) is 24.1 Å². The van der Waals surface area contributed by atoms with Gasteiger partial charge in [-0.3, -0.25) is 9.69 Å². The highest BCUT2D eigenvalue weighted by Gasteiger charge is 2.25. The Morgan fingerprint density at radius 2 is 2.04 bits per heavy atom. The highest BCUT2D eigenvalue weighted by atomic mass is 35.5. The lowest BCUT2D eigenvalue weighted by molar-refractivity contribution is -0.127. The number of halogens is 2. The van der Waals surface area contributed by atoms with Crippen LogP contribution in [0.15, 0.2) is 24.3 Å². The maximum atomic E-state index is 12.4. The number of carbonyl (C=O) groups is 1. The van der Waals surface area contributed by atoms with E-state index in [-0.39, 0.29) is 42.8 Å². The molecule has 0 aromatic heterocycles. The second kappa shape index (κ2) is 10.2. The molecule has 2 atom stereocenters. The van der Waals surface area contributed by atoms with E-state index in [1.807, 2.05) is 6.92 Å². The number of ether oxygens (including phenoxy) is 1. The van der Waals surface area contributed by atoms with Crippen molar-refractivity contribution in [2.24, 2.45) is 0 Å². The number of rotatable bonds is 4. The first-order chi connectivity index (χ1) is 10.8. The van der Waals surface area contributed by atoms with Gasteiger partial charge in [-0.05, 0) is 31.0 Å². The first kappa shape index (κ1) is 21.2. The molecule has 1 aromatic rings. The largest absolute Gasteiger partial charge is 0.379 e. The van der Waals surface area contributed by atoms with Gasteiger partial charge in [-0.2, -0.15) is 0 Å². The summed E-state index contributed by atoms with van der Waals surface area (Å²) in [5, 5.41) is 6.61. The molecule has 0 aliphatic carbocycles. The standard InChI is InChI=1S/C17H25N3O2.2ClH/c1-13(20-8-10-22-11-9-20)17(21)19-12-16-15-5-3-2-4-14(15)6-7-18-16;;/h2-5,13,16,18H,6-12H2,1H3,(H,19,21);2*1H. The molecule has 2 aliphatic heterocycles. The van der Waals surface area contributed by atoms with Crippen molar-refractivity contribution in [1.29, 1.82) is 0 Å². The van der Waals surface area contributed by atoms with E-state index < -0.39 is 0 Å². The predicted molar refractivity (Wildman–Crippen MR) is 100 cm³/mol. The van der Waals surface area contributed by atoms with Crippen LogP contribution in [0, 0.1) is 0 Å². The van der Waals surface area contributed by atoms with Gasteiger partial charge in [0.2, 0.25) is 5.91 Å². The van der Waals surface area contributed by atoms with Gasteiger partial charge >= 0.3 is 0 Å². The van der Waals surface area contributed by atoms with Crippen molar-refractivity contribution in [3.8, 4) is 0 Å². The highest BCUT2D eigenvalue weighted by molar-refractivity contribution is 5.85. The van der Waals surface area contributed by atoms with Crippen LogP contribution in [0.25, 0.3) is 0 Å². The summed E-state index contributed by atoms with van der Waals surface area (Å²) < 4.78 is 5.34. The summed E-state index contributed by atoms with van der Waals surface area (Å²) in [5.41, 5.74) is 2.70. The normalized spacial score (nSPS) is 21.6. The van der Waals surface area contributed by atoms with Crippen molar-refractivity contribution >= 4 is 30.7 Å². The molecule has 2 heterocycles. The molecule has 2 unspecified atom stereocenters. The molecule has 136 valence electrons. The van der Waals surface area contributed by atoms with Gasteiger partial charge in [-0.25, -0.2) is 0 Å². The van der Waals surface area contributed by atoms with Crippen LogP contribution in [-0.4, -0.2) is 56.2 Å². The van der Waals surface area contributed by atoms with E-state index in [4.69, 9.17) is 4.74 Å². The number of hydrogen-bond donors (Lipinski definition) is 2. The van der Waals surface area contributed by atoms with Gasteiger partial charge in [0.15, 0.2) is 0 Å². The van der Waals surface area contributed by atoms with Crippen LogP contribution in [0.2, 0.25) is 0 Å². The molecule has 7 heteroatoms. The lowest BCUT2D eigenvalue weighted by Gasteiger charge is -2.32. The SMILES string of the molecule is CC(C(=O)NCC1NCCc2ccccc21)N1CCOCC1.Cl.Cl. The van der Waals surface area contributed by atoms with E-state index in [9.17, 15) is 4.79 Å². The maximum absolute atomic E-state index is 12.4. The van der Waals surface area contributed by atoms with Crippen LogP contribution in [-0.2, 0) is 16.0 Å². The molecular weight excluding hydrogens is 349 g/mol. The van der Waals surface area contributed by atoms with Crippen LogP contribution >= 0.6 is 24.8 Å². The molecule has 1 amide bonds. The average Bonchev–Trinajstić information content (AvgIpc) is 2.59. The van der Waals surface area contributed by atoms with Gasteiger partial charge < -0.3 is 15.4 Å². The topological polar surface area (TPSA) is 53.6 Å². The summed E-state index contributed by atoms with van der Waals surface area (Å²) >= 11 is 0. The molecule has 2 aliphatic rings. The number of morpholine rings is 1. The van der Waals surface area contributed by atoms with Crippen LogP contribution in [0.3, 0.4) is 0 Å². The van der Waals surface area contributed by atoms with Gasteiger partial charge in [0.1, 0.15) is 0 Å². The molecule has 1 fully saturated rings. The summed E-state index contributed by atoms with van der Waals surface area (Å²) in [6.45, 7) is 6.69. The third-order valence-electron chi connectivity index (χ3n) is 4.67. The van der Waals surface area contributed by atoms with Gasteiger partial charge in [0.25, 0.3) is 0 Å². The molecular formula is C17H27Cl2N3O2. The van der Waals surface area contributed by atoms with Crippen molar-refractivity contribution in [1.82, 2.24) is 15.5 Å². The summed E-state index contributed by atoms with van der Waals surface area (Å²) in [5.74, 6) is 0.103. The minimum atomic E-state index is -0.0947. The number of nitrogens with zero attached hydrogens (tertiary/aromatic N) is 1. The van der Waals surface area contributed by atoms with Crippen molar-refractivity contribution in [3.05, 3.63) is 35.4 Å². The molecule has 2 N–H and O–H groups in total. The monoisotopic (exact) mass is 375 g/mol. The quantitative estimate of drug-likeness (QED) is 0.838. The minimum Gasteiger partial charge on any atom is -0.379 e.